The zero-order chi connectivity index (χ0) is 22.1. The number of rotatable bonds is 8. The van der Waals surface area contributed by atoms with Crippen molar-refractivity contribution < 1.29 is 15.3 Å². The summed E-state index contributed by atoms with van der Waals surface area (Å²) in [6.07, 6.45) is 8.36. The van der Waals surface area contributed by atoms with Crippen LogP contribution < -0.4 is 0 Å². The van der Waals surface area contributed by atoms with Crippen LogP contribution in [0.2, 0.25) is 0 Å². The number of phenols is 1. The van der Waals surface area contributed by atoms with Crippen molar-refractivity contribution in [1.29, 1.82) is 0 Å². The van der Waals surface area contributed by atoms with Gasteiger partial charge in [-0.05, 0) is 97.8 Å². The van der Waals surface area contributed by atoms with E-state index in [-0.39, 0.29) is 17.1 Å². The quantitative estimate of drug-likeness (QED) is 0.486. The van der Waals surface area contributed by atoms with E-state index >= 15 is 0 Å². The Balaban J connectivity index is 1.74. The van der Waals surface area contributed by atoms with E-state index < -0.39 is 11.7 Å². The summed E-state index contributed by atoms with van der Waals surface area (Å²) in [4.78, 5) is 0. The normalized spacial score (nSPS) is 34.9. The second-order valence-corrected chi connectivity index (χ2v) is 11.2. The Morgan fingerprint density at radius 2 is 1.83 bits per heavy atom. The molecule has 0 spiro atoms. The molecule has 0 aromatic heterocycles. The first-order valence-corrected chi connectivity index (χ1v) is 12.3. The smallest absolute Gasteiger partial charge is 0.115 e. The van der Waals surface area contributed by atoms with Crippen LogP contribution in [0.25, 0.3) is 0 Å². The lowest BCUT2D eigenvalue weighted by molar-refractivity contribution is -0.181. The van der Waals surface area contributed by atoms with Gasteiger partial charge in [0.1, 0.15) is 5.75 Å². The first-order valence-electron chi connectivity index (χ1n) is 12.3. The maximum absolute atomic E-state index is 11.8. The van der Waals surface area contributed by atoms with E-state index in [4.69, 9.17) is 0 Å². The van der Waals surface area contributed by atoms with Gasteiger partial charge in [0, 0.05) is 0 Å². The Bertz CT molecular complexity index is 714. The molecule has 0 aliphatic heterocycles. The van der Waals surface area contributed by atoms with Crippen LogP contribution in [0.1, 0.15) is 90.2 Å². The molecule has 1 aromatic rings. The van der Waals surface area contributed by atoms with Crippen LogP contribution in [0.5, 0.6) is 5.75 Å². The lowest BCUT2D eigenvalue weighted by atomic mass is 9.55. The summed E-state index contributed by atoms with van der Waals surface area (Å²) >= 11 is 0. The van der Waals surface area contributed by atoms with Crippen molar-refractivity contribution in [3.63, 3.8) is 0 Å². The maximum atomic E-state index is 11.8. The zero-order valence-electron chi connectivity index (χ0n) is 19.8. The van der Waals surface area contributed by atoms with Crippen LogP contribution in [-0.2, 0) is 6.42 Å². The van der Waals surface area contributed by atoms with Gasteiger partial charge in [0.05, 0.1) is 11.7 Å². The molecule has 0 radical (unpaired) electrons. The van der Waals surface area contributed by atoms with Crippen molar-refractivity contribution >= 4 is 0 Å². The Hall–Kier alpha value is -1.06. The fourth-order valence-corrected chi connectivity index (χ4v) is 6.96. The van der Waals surface area contributed by atoms with Gasteiger partial charge in [0.25, 0.3) is 0 Å². The third kappa shape index (κ3) is 4.58. The van der Waals surface area contributed by atoms with E-state index in [1.807, 2.05) is 13.0 Å². The van der Waals surface area contributed by atoms with Gasteiger partial charge in [0.2, 0.25) is 0 Å². The molecule has 0 heterocycles. The molecule has 2 aliphatic carbocycles. The Morgan fingerprint density at radius 3 is 2.53 bits per heavy atom. The molecule has 1 aromatic carbocycles. The summed E-state index contributed by atoms with van der Waals surface area (Å²) in [5.74, 6) is 2.50. The van der Waals surface area contributed by atoms with Gasteiger partial charge in [-0.15, -0.1) is 0 Å². The number of hydrogen-bond donors (Lipinski definition) is 3. The molecule has 6 atom stereocenters. The van der Waals surface area contributed by atoms with Crippen molar-refractivity contribution in [2.24, 2.45) is 29.1 Å². The van der Waals surface area contributed by atoms with Crippen molar-refractivity contribution in [2.75, 3.05) is 0 Å². The molecule has 3 rings (SSSR count). The monoisotopic (exact) mass is 416 g/mol. The molecular formula is C27H44O3. The molecule has 3 N–H and O–H groups in total. The fourth-order valence-electron chi connectivity index (χ4n) is 6.96. The Kier molecular flexibility index (Phi) is 7.24. The largest absolute Gasteiger partial charge is 0.508 e. The molecule has 3 nitrogen and oxygen atoms in total. The SMILES string of the molecule is Cc1ccc(O)cc1CC[C@]1(O)[C@H](O)CC[C@]2(C)[C@@H]([C@H](C)CCCC(C)C)CC[C@H]21. The van der Waals surface area contributed by atoms with Gasteiger partial charge in [-0.1, -0.05) is 53.0 Å². The highest BCUT2D eigenvalue weighted by molar-refractivity contribution is 5.34. The molecule has 30 heavy (non-hydrogen) atoms. The van der Waals surface area contributed by atoms with Crippen molar-refractivity contribution in [3.05, 3.63) is 29.3 Å². The van der Waals surface area contributed by atoms with Crippen molar-refractivity contribution in [2.45, 2.75) is 104 Å². The number of aliphatic hydroxyl groups is 2. The lowest BCUT2D eigenvalue weighted by Gasteiger charge is -2.53. The summed E-state index contributed by atoms with van der Waals surface area (Å²) in [5, 5.41) is 32.6. The molecule has 0 saturated heterocycles. The van der Waals surface area contributed by atoms with Crippen LogP contribution >= 0.6 is 0 Å². The van der Waals surface area contributed by atoms with Gasteiger partial charge < -0.3 is 15.3 Å². The minimum Gasteiger partial charge on any atom is -0.508 e. The molecule has 0 amide bonds. The second-order valence-electron chi connectivity index (χ2n) is 11.2. The van der Waals surface area contributed by atoms with Crippen LogP contribution in [0.4, 0.5) is 0 Å². The Morgan fingerprint density at radius 1 is 1.10 bits per heavy atom. The van der Waals surface area contributed by atoms with Gasteiger partial charge in [-0.2, -0.15) is 0 Å². The van der Waals surface area contributed by atoms with E-state index in [9.17, 15) is 15.3 Å². The molecule has 2 aliphatic rings. The standard InChI is InChI=1S/C27H44O3/c1-18(2)7-6-8-20(4)23-11-12-24-26(23,5)15-14-25(29)27(24,30)16-13-21-17-22(28)10-9-19(21)3/h9-10,17-18,20,23-25,28-30H,6-8,11-16H2,1-5H3/t20-,23-,24-,25-,26-,27-/m1/s1. The van der Waals surface area contributed by atoms with Gasteiger partial charge in [0.15, 0.2) is 0 Å². The summed E-state index contributed by atoms with van der Waals surface area (Å²) in [5.41, 5.74) is 1.28. The number of aryl methyl sites for hydroxylation is 2. The third-order valence-corrected chi connectivity index (χ3v) is 8.80. The molecule has 2 saturated carbocycles. The van der Waals surface area contributed by atoms with Gasteiger partial charge in [-0.3, -0.25) is 0 Å². The fraction of sp³-hybridized carbons (Fsp3) is 0.778. The topological polar surface area (TPSA) is 60.7 Å². The minimum absolute atomic E-state index is 0.110. The highest BCUT2D eigenvalue weighted by Gasteiger charge is 2.60. The van der Waals surface area contributed by atoms with E-state index in [0.717, 1.165) is 29.9 Å². The second kappa shape index (κ2) is 9.20. The number of benzene rings is 1. The number of hydrogen-bond acceptors (Lipinski definition) is 3. The first kappa shape index (κ1) is 23.6. The summed E-state index contributed by atoms with van der Waals surface area (Å²) < 4.78 is 0. The average Bonchev–Trinajstić information content (AvgIpc) is 3.04. The van der Waals surface area contributed by atoms with Crippen LogP contribution in [-0.4, -0.2) is 27.0 Å². The van der Waals surface area contributed by atoms with E-state index in [1.54, 1.807) is 12.1 Å². The van der Waals surface area contributed by atoms with Crippen LogP contribution in [0.3, 0.4) is 0 Å². The lowest BCUT2D eigenvalue weighted by Crippen LogP contribution is -2.58. The van der Waals surface area contributed by atoms with E-state index in [2.05, 4.69) is 27.7 Å². The summed E-state index contributed by atoms with van der Waals surface area (Å²) in [7, 11) is 0. The Labute approximate surface area is 183 Å². The first-order chi connectivity index (χ1) is 14.1. The maximum Gasteiger partial charge on any atom is 0.115 e. The average molecular weight is 417 g/mol. The highest BCUT2D eigenvalue weighted by Crippen LogP contribution is 2.62. The summed E-state index contributed by atoms with van der Waals surface area (Å²) in [6.45, 7) is 11.5. The van der Waals surface area contributed by atoms with Gasteiger partial charge in [-0.25, -0.2) is 0 Å². The van der Waals surface area contributed by atoms with Crippen LogP contribution in [0, 0.1) is 36.0 Å². The van der Waals surface area contributed by atoms with Crippen LogP contribution in [0.15, 0.2) is 18.2 Å². The third-order valence-electron chi connectivity index (χ3n) is 8.80. The zero-order valence-corrected chi connectivity index (χ0v) is 19.8. The predicted octanol–water partition coefficient (Wildman–Crippen LogP) is 6.01. The number of phenolic OH excluding ortho intramolecular Hbond substituents is 1. The summed E-state index contributed by atoms with van der Waals surface area (Å²) in [6, 6.07) is 5.45. The minimum atomic E-state index is -1.03. The highest BCUT2D eigenvalue weighted by atomic mass is 16.3. The molecule has 3 heteroatoms. The van der Waals surface area contributed by atoms with E-state index in [0.29, 0.717) is 31.1 Å². The number of aromatic hydroxyl groups is 1. The number of aliphatic hydroxyl groups excluding tert-OH is 1. The van der Waals surface area contributed by atoms with Crippen molar-refractivity contribution in [1.82, 2.24) is 0 Å². The molecule has 0 bridgehead atoms. The van der Waals surface area contributed by atoms with E-state index in [1.165, 1.54) is 25.7 Å². The number of fused-ring (bicyclic) bond motifs is 1. The molecule has 170 valence electrons. The van der Waals surface area contributed by atoms with Crippen molar-refractivity contribution in [3.8, 4) is 5.75 Å². The molecular weight excluding hydrogens is 372 g/mol. The van der Waals surface area contributed by atoms with Gasteiger partial charge >= 0.3 is 0 Å². The molecule has 2 fully saturated rings. The predicted molar refractivity (Wildman–Crippen MR) is 124 cm³/mol. The molecule has 0 unspecified atom stereocenters.